The molecule has 1 saturated carbocycles. The number of hydrogen-bond acceptors (Lipinski definition) is 5. The van der Waals surface area contributed by atoms with E-state index in [1.54, 1.807) is 12.3 Å². The van der Waals surface area contributed by atoms with Gasteiger partial charge in [-0.3, -0.25) is 4.79 Å². The predicted molar refractivity (Wildman–Crippen MR) is 103 cm³/mol. The molecule has 1 fully saturated rings. The van der Waals surface area contributed by atoms with Gasteiger partial charge in [0.1, 0.15) is 5.76 Å². The Balaban J connectivity index is 1.81. The first-order valence-electron chi connectivity index (χ1n) is 9.65. The fourth-order valence-corrected chi connectivity index (χ4v) is 3.57. The van der Waals surface area contributed by atoms with Gasteiger partial charge in [0.25, 0.3) is 0 Å². The van der Waals surface area contributed by atoms with Crippen molar-refractivity contribution in [1.82, 2.24) is 0 Å². The molecule has 0 aliphatic heterocycles. The number of hydrogen-bond donors (Lipinski definition) is 4. The van der Waals surface area contributed by atoms with E-state index in [4.69, 9.17) is 10.2 Å². The van der Waals surface area contributed by atoms with E-state index in [0.717, 1.165) is 12.2 Å². The number of rotatable bonds is 11. The third kappa shape index (κ3) is 7.33. The zero-order valence-corrected chi connectivity index (χ0v) is 15.6. The molecule has 0 radical (unpaired) electrons. The van der Waals surface area contributed by atoms with Crippen LogP contribution in [-0.2, 0) is 11.2 Å². The van der Waals surface area contributed by atoms with E-state index in [1.807, 2.05) is 30.4 Å². The van der Waals surface area contributed by atoms with Crippen molar-refractivity contribution in [3.8, 4) is 0 Å². The summed E-state index contributed by atoms with van der Waals surface area (Å²) in [5.74, 6) is 0.265. The van der Waals surface area contributed by atoms with Gasteiger partial charge in [-0.15, -0.1) is 0 Å². The molecular weight excluding hydrogens is 346 g/mol. The van der Waals surface area contributed by atoms with Crippen molar-refractivity contribution in [2.75, 3.05) is 0 Å². The van der Waals surface area contributed by atoms with E-state index in [1.165, 1.54) is 0 Å². The number of amides is 1. The molecule has 1 aliphatic carbocycles. The van der Waals surface area contributed by atoms with Crippen LogP contribution in [0.2, 0.25) is 0 Å². The number of carbonyl (C=O) groups is 1. The molecule has 1 aromatic heterocycles. The number of unbranched alkanes of at least 4 members (excludes halogenated alkanes) is 1. The van der Waals surface area contributed by atoms with Crippen LogP contribution in [0.5, 0.6) is 0 Å². The summed E-state index contributed by atoms with van der Waals surface area (Å²) in [4.78, 5) is 10.7. The molecule has 0 spiro atoms. The van der Waals surface area contributed by atoms with Crippen LogP contribution in [0.4, 0.5) is 0 Å². The van der Waals surface area contributed by atoms with Gasteiger partial charge in [0.15, 0.2) is 0 Å². The van der Waals surface area contributed by atoms with Crippen molar-refractivity contribution in [2.24, 2.45) is 17.6 Å². The van der Waals surface area contributed by atoms with Crippen LogP contribution in [0, 0.1) is 11.8 Å². The molecule has 1 aromatic rings. The average molecular weight is 377 g/mol. The Morgan fingerprint density at radius 2 is 2.15 bits per heavy atom. The Hall–Kier alpha value is -1.89. The summed E-state index contributed by atoms with van der Waals surface area (Å²) in [7, 11) is 0. The molecule has 5 N–H and O–H groups in total. The van der Waals surface area contributed by atoms with E-state index < -0.39 is 18.3 Å². The highest BCUT2D eigenvalue weighted by Crippen LogP contribution is 2.36. The molecule has 0 aromatic carbocycles. The van der Waals surface area contributed by atoms with Crippen LogP contribution in [-0.4, -0.2) is 39.5 Å². The summed E-state index contributed by atoms with van der Waals surface area (Å²) in [6.07, 6.45) is 11.4. The molecule has 27 heavy (non-hydrogen) atoms. The number of allylic oxidation sites excluding steroid dienone is 2. The molecule has 0 bridgehead atoms. The van der Waals surface area contributed by atoms with Gasteiger partial charge in [-0.05, 0) is 43.7 Å². The SMILES string of the molecule is NC(=O)CCC/C=C\C[C@H]1C(O)CC(O)C1/C=C/C(O)CCc1ccco1. The Labute approximate surface area is 160 Å². The predicted octanol–water partition coefficient (Wildman–Crippen LogP) is 2.09. The van der Waals surface area contributed by atoms with Gasteiger partial charge in [-0.25, -0.2) is 0 Å². The lowest BCUT2D eigenvalue weighted by Gasteiger charge is -2.19. The second-order valence-corrected chi connectivity index (χ2v) is 7.25. The fraction of sp³-hybridized carbons (Fsp3) is 0.571. The van der Waals surface area contributed by atoms with Crippen molar-refractivity contribution in [3.63, 3.8) is 0 Å². The second kappa shape index (κ2) is 11.1. The summed E-state index contributed by atoms with van der Waals surface area (Å²) < 4.78 is 5.25. The smallest absolute Gasteiger partial charge is 0.217 e. The van der Waals surface area contributed by atoms with Crippen molar-refractivity contribution >= 4 is 5.91 Å². The van der Waals surface area contributed by atoms with Gasteiger partial charge < -0.3 is 25.5 Å². The number of carbonyl (C=O) groups excluding carboxylic acids is 1. The normalized spacial score (nSPS) is 26.9. The highest BCUT2D eigenvalue weighted by Gasteiger charge is 2.39. The number of nitrogens with two attached hydrogens (primary N) is 1. The Kier molecular flexibility index (Phi) is 8.78. The molecule has 4 unspecified atom stereocenters. The lowest BCUT2D eigenvalue weighted by atomic mass is 9.89. The van der Waals surface area contributed by atoms with E-state index in [-0.39, 0.29) is 17.7 Å². The number of aliphatic hydroxyl groups excluding tert-OH is 3. The summed E-state index contributed by atoms with van der Waals surface area (Å²) in [6, 6.07) is 3.69. The minimum atomic E-state index is -0.620. The van der Waals surface area contributed by atoms with Crippen LogP contribution in [0.25, 0.3) is 0 Å². The summed E-state index contributed by atoms with van der Waals surface area (Å²) in [6.45, 7) is 0. The Bertz CT molecular complexity index is 610. The monoisotopic (exact) mass is 377 g/mol. The van der Waals surface area contributed by atoms with Gasteiger partial charge in [-0.1, -0.05) is 24.3 Å². The van der Waals surface area contributed by atoms with Crippen LogP contribution in [0.15, 0.2) is 47.1 Å². The first-order valence-corrected chi connectivity index (χ1v) is 9.65. The maximum atomic E-state index is 10.7. The minimum Gasteiger partial charge on any atom is -0.469 e. The Morgan fingerprint density at radius 3 is 2.85 bits per heavy atom. The average Bonchev–Trinajstić information content (AvgIpc) is 3.22. The summed E-state index contributed by atoms with van der Waals surface area (Å²) in [5.41, 5.74) is 5.11. The van der Waals surface area contributed by atoms with Gasteiger partial charge >= 0.3 is 0 Å². The highest BCUT2D eigenvalue weighted by molar-refractivity contribution is 5.73. The summed E-state index contributed by atoms with van der Waals surface area (Å²) in [5, 5.41) is 30.6. The largest absolute Gasteiger partial charge is 0.469 e. The van der Waals surface area contributed by atoms with Crippen LogP contribution >= 0.6 is 0 Å². The first kappa shape index (κ1) is 21.4. The van der Waals surface area contributed by atoms with Gasteiger partial charge in [0, 0.05) is 25.2 Å². The van der Waals surface area contributed by atoms with Gasteiger partial charge in [0.2, 0.25) is 5.91 Å². The van der Waals surface area contributed by atoms with Crippen LogP contribution in [0.3, 0.4) is 0 Å². The number of furan rings is 1. The van der Waals surface area contributed by atoms with Crippen molar-refractivity contribution < 1.29 is 24.5 Å². The fourth-order valence-electron chi connectivity index (χ4n) is 3.57. The number of primary amides is 1. The lowest BCUT2D eigenvalue weighted by molar-refractivity contribution is -0.118. The molecule has 0 saturated heterocycles. The van der Waals surface area contributed by atoms with Crippen LogP contribution in [0.1, 0.15) is 44.3 Å². The summed E-state index contributed by atoms with van der Waals surface area (Å²) >= 11 is 0. The molecular formula is C21H31NO5. The molecule has 6 nitrogen and oxygen atoms in total. The maximum Gasteiger partial charge on any atom is 0.217 e. The molecule has 2 rings (SSSR count). The Morgan fingerprint density at radius 1 is 1.33 bits per heavy atom. The molecule has 5 atom stereocenters. The van der Waals surface area contributed by atoms with Gasteiger partial charge in [0.05, 0.1) is 24.6 Å². The lowest BCUT2D eigenvalue weighted by Crippen LogP contribution is -2.20. The minimum absolute atomic E-state index is 0.0825. The zero-order valence-electron chi connectivity index (χ0n) is 15.6. The number of aryl methyl sites for hydroxylation is 1. The first-order chi connectivity index (χ1) is 13.0. The van der Waals surface area contributed by atoms with E-state index in [2.05, 4.69) is 0 Å². The van der Waals surface area contributed by atoms with Crippen molar-refractivity contribution in [2.45, 2.75) is 63.3 Å². The highest BCUT2D eigenvalue weighted by atomic mass is 16.3. The van der Waals surface area contributed by atoms with E-state index >= 15 is 0 Å². The maximum absolute atomic E-state index is 10.7. The quantitative estimate of drug-likeness (QED) is 0.348. The molecule has 1 heterocycles. The molecule has 1 amide bonds. The van der Waals surface area contributed by atoms with E-state index in [9.17, 15) is 20.1 Å². The topological polar surface area (TPSA) is 117 Å². The van der Waals surface area contributed by atoms with Crippen LogP contribution < -0.4 is 5.73 Å². The van der Waals surface area contributed by atoms with E-state index in [0.29, 0.717) is 38.5 Å². The number of aliphatic hydroxyl groups is 3. The molecule has 150 valence electrons. The standard InChI is InChI=1S/C21H31NO5/c22-21(26)8-4-2-1-3-7-17-18(20(25)14-19(17)24)12-10-15(23)9-11-16-6-5-13-27-16/h1,3,5-6,10,12-13,15,17-20,23-25H,2,4,7-9,11,14H2,(H2,22,26)/b3-1-,12-10+/t15?,17-,18?,19?,20?/m1/s1. The third-order valence-electron chi connectivity index (χ3n) is 5.11. The third-order valence-corrected chi connectivity index (χ3v) is 5.11. The molecule has 1 aliphatic rings. The zero-order chi connectivity index (χ0) is 19.6. The second-order valence-electron chi connectivity index (χ2n) is 7.25. The van der Waals surface area contributed by atoms with Crippen molar-refractivity contribution in [3.05, 3.63) is 48.5 Å². The van der Waals surface area contributed by atoms with Crippen molar-refractivity contribution in [1.29, 1.82) is 0 Å². The van der Waals surface area contributed by atoms with Gasteiger partial charge in [-0.2, -0.15) is 0 Å². The molecule has 6 heteroatoms.